The van der Waals surface area contributed by atoms with Crippen LogP contribution in [-0.2, 0) is 10.2 Å². The van der Waals surface area contributed by atoms with Gasteiger partial charge < -0.3 is 4.79 Å². The molecular weight excluding hydrogens is 256 g/mol. The van der Waals surface area contributed by atoms with Crippen LogP contribution in [0.4, 0.5) is 0 Å². The number of carbonyl (C=O) groups is 1. The highest BCUT2D eigenvalue weighted by Crippen LogP contribution is 2.58. The van der Waals surface area contributed by atoms with Crippen molar-refractivity contribution in [2.24, 2.45) is 5.41 Å². The minimum atomic E-state index is 0.262. The predicted octanol–water partition coefficient (Wildman–Crippen LogP) is 3.38. The average Bonchev–Trinajstić information content (AvgIpc) is 2.49. The molecule has 2 bridgehead atoms. The number of carbonyl (C=O) groups excluding carboxylic acids is 1. The Bertz CT molecular complexity index is 464. The molecule has 102 valence electrons. The van der Waals surface area contributed by atoms with E-state index in [0.29, 0.717) is 5.41 Å². The van der Waals surface area contributed by atoms with Gasteiger partial charge in [0.1, 0.15) is 6.29 Å². The maximum atomic E-state index is 10.9. The van der Waals surface area contributed by atoms with Crippen LogP contribution in [0, 0.1) is 5.41 Å². The van der Waals surface area contributed by atoms with Gasteiger partial charge in [0.2, 0.25) is 0 Å². The smallest absolute Gasteiger partial charge is 0.187 e. The predicted molar refractivity (Wildman–Crippen MR) is 76.3 cm³/mol. The molecule has 3 aliphatic carbocycles. The summed E-state index contributed by atoms with van der Waals surface area (Å²) in [7, 11) is 0. The Labute approximate surface area is 118 Å². The van der Waals surface area contributed by atoms with Gasteiger partial charge in [0.05, 0.1) is 5.69 Å². The lowest BCUT2D eigenvalue weighted by Crippen LogP contribution is -2.44. The topological polar surface area (TPSA) is 42.9 Å². The Morgan fingerprint density at radius 3 is 2.53 bits per heavy atom. The van der Waals surface area contributed by atoms with E-state index in [2.05, 4.69) is 11.1 Å². The zero-order chi connectivity index (χ0) is 13.3. The molecule has 0 N–H and O–H groups in total. The van der Waals surface area contributed by atoms with Crippen molar-refractivity contribution >= 4 is 18.0 Å². The number of aromatic nitrogens is 2. The van der Waals surface area contributed by atoms with E-state index in [1.165, 1.54) is 44.2 Å². The van der Waals surface area contributed by atoms with Gasteiger partial charge in [-0.3, -0.25) is 0 Å². The molecule has 0 atom stereocenters. The van der Waals surface area contributed by atoms with E-state index in [4.69, 9.17) is 4.98 Å². The molecule has 4 heteroatoms. The van der Waals surface area contributed by atoms with Crippen LogP contribution in [0.1, 0.15) is 50.6 Å². The number of hydrogen-bond donors (Lipinski definition) is 0. The van der Waals surface area contributed by atoms with Crippen LogP contribution in [0.3, 0.4) is 0 Å². The number of nitrogens with zero attached hydrogens (tertiary/aromatic N) is 2. The summed E-state index contributed by atoms with van der Waals surface area (Å²) in [5.41, 5.74) is 1.81. The molecule has 0 unspecified atom stereocenters. The molecule has 0 amide bonds. The Morgan fingerprint density at radius 1 is 1.26 bits per heavy atom. The third-order valence-electron chi connectivity index (χ3n) is 5.28. The molecule has 0 aromatic carbocycles. The highest BCUT2D eigenvalue weighted by Gasteiger charge is 2.49. The van der Waals surface area contributed by atoms with E-state index in [0.717, 1.165) is 17.9 Å². The molecule has 3 aliphatic rings. The van der Waals surface area contributed by atoms with Gasteiger partial charge in [-0.25, -0.2) is 9.97 Å². The Kier molecular flexibility index (Phi) is 3.37. The molecule has 0 saturated heterocycles. The minimum absolute atomic E-state index is 0.262. The van der Waals surface area contributed by atoms with E-state index >= 15 is 0 Å². The van der Waals surface area contributed by atoms with Gasteiger partial charge in [-0.2, -0.15) is 0 Å². The van der Waals surface area contributed by atoms with Gasteiger partial charge in [0.25, 0.3) is 0 Å². The summed E-state index contributed by atoms with van der Waals surface area (Å²) in [5.74, 6) is 0. The largest absolute Gasteiger partial charge is 0.303 e. The number of hydrogen-bond acceptors (Lipinski definition) is 4. The SMILES string of the molecule is CSc1nccc(C23CCC(CC=O)(CC2)CC3)n1. The summed E-state index contributed by atoms with van der Waals surface area (Å²) in [6, 6.07) is 2.10. The van der Waals surface area contributed by atoms with Crippen LogP contribution >= 0.6 is 11.8 Å². The highest BCUT2D eigenvalue weighted by atomic mass is 32.2. The zero-order valence-corrected chi connectivity index (χ0v) is 12.2. The molecule has 0 spiro atoms. The molecule has 1 heterocycles. The van der Waals surface area contributed by atoms with Crippen LogP contribution in [0.25, 0.3) is 0 Å². The second-order valence-corrected chi connectivity index (χ2v) is 6.85. The Morgan fingerprint density at radius 2 is 1.95 bits per heavy atom. The quantitative estimate of drug-likeness (QED) is 0.480. The number of fused-ring (bicyclic) bond motifs is 3. The third kappa shape index (κ3) is 2.20. The van der Waals surface area contributed by atoms with Crippen molar-refractivity contribution in [3.05, 3.63) is 18.0 Å². The first kappa shape index (κ1) is 13.1. The maximum absolute atomic E-state index is 10.9. The van der Waals surface area contributed by atoms with Gasteiger partial charge >= 0.3 is 0 Å². The molecular formula is C15H20N2OS. The molecule has 4 rings (SSSR count). The third-order valence-corrected chi connectivity index (χ3v) is 5.84. The number of rotatable bonds is 4. The molecule has 3 saturated carbocycles. The molecule has 1 aromatic heterocycles. The molecule has 3 fully saturated rings. The molecule has 0 aliphatic heterocycles. The van der Waals surface area contributed by atoms with E-state index in [-0.39, 0.29) is 5.41 Å². The second kappa shape index (κ2) is 4.89. The molecule has 1 aromatic rings. The molecule has 19 heavy (non-hydrogen) atoms. The summed E-state index contributed by atoms with van der Waals surface area (Å²) in [6.07, 6.45) is 12.9. The van der Waals surface area contributed by atoms with Crippen LogP contribution in [-0.4, -0.2) is 22.5 Å². The average molecular weight is 276 g/mol. The van der Waals surface area contributed by atoms with Crippen molar-refractivity contribution in [2.45, 2.75) is 55.5 Å². The first-order chi connectivity index (χ1) is 9.22. The Balaban J connectivity index is 1.85. The van der Waals surface area contributed by atoms with Gasteiger partial charge in [-0.1, -0.05) is 11.8 Å². The monoisotopic (exact) mass is 276 g/mol. The van der Waals surface area contributed by atoms with Crippen molar-refractivity contribution in [1.82, 2.24) is 9.97 Å². The van der Waals surface area contributed by atoms with Gasteiger partial charge in [0, 0.05) is 18.0 Å². The summed E-state index contributed by atoms with van der Waals surface area (Å²) in [5, 5.41) is 0.877. The van der Waals surface area contributed by atoms with E-state index < -0.39 is 0 Å². The lowest BCUT2D eigenvalue weighted by Gasteiger charge is -2.52. The highest BCUT2D eigenvalue weighted by molar-refractivity contribution is 7.98. The normalized spacial score (nSPS) is 33.3. The lowest BCUT2D eigenvalue weighted by atomic mass is 9.52. The molecule has 3 nitrogen and oxygen atoms in total. The van der Waals surface area contributed by atoms with E-state index in [1.54, 1.807) is 11.8 Å². The van der Waals surface area contributed by atoms with Crippen LogP contribution in [0.2, 0.25) is 0 Å². The summed E-state index contributed by atoms with van der Waals surface area (Å²) in [4.78, 5) is 19.9. The van der Waals surface area contributed by atoms with Crippen molar-refractivity contribution in [2.75, 3.05) is 6.26 Å². The Hall–Kier alpha value is -0.900. The summed E-state index contributed by atoms with van der Waals surface area (Å²) >= 11 is 1.61. The van der Waals surface area contributed by atoms with E-state index in [1.807, 2.05) is 12.5 Å². The summed E-state index contributed by atoms with van der Waals surface area (Å²) < 4.78 is 0. The molecule has 0 radical (unpaired) electrons. The van der Waals surface area contributed by atoms with Gasteiger partial charge in [0.15, 0.2) is 5.16 Å². The van der Waals surface area contributed by atoms with Gasteiger partial charge in [-0.05, 0) is 56.3 Å². The van der Waals surface area contributed by atoms with Crippen molar-refractivity contribution in [3.63, 3.8) is 0 Å². The van der Waals surface area contributed by atoms with Crippen molar-refractivity contribution in [3.8, 4) is 0 Å². The van der Waals surface area contributed by atoms with Crippen LogP contribution < -0.4 is 0 Å². The fraction of sp³-hybridized carbons (Fsp3) is 0.667. The first-order valence-electron chi connectivity index (χ1n) is 7.03. The minimum Gasteiger partial charge on any atom is -0.303 e. The van der Waals surface area contributed by atoms with Gasteiger partial charge in [-0.15, -0.1) is 0 Å². The maximum Gasteiger partial charge on any atom is 0.187 e. The summed E-state index contributed by atoms with van der Waals surface area (Å²) in [6.45, 7) is 0. The van der Waals surface area contributed by atoms with E-state index in [9.17, 15) is 4.79 Å². The van der Waals surface area contributed by atoms with Crippen molar-refractivity contribution < 1.29 is 4.79 Å². The first-order valence-corrected chi connectivity index (χ1v) is 8.26. The second-order valence-electron chi connectivity index (χ2n) is 6.08. The fourth-order valence-electron chi connectivity index (χ4n) is 3.87. The zero-order valence-electron chi connectivity index (χ0n) is 11.4. The fourth-order valence-corrected chi connectivity index (χ4v) is 4.22. The van der Waals surface area contributed by atoms with Crippen molar-refractivity contribution in [1.29, 1.82) is 0 Å². The number of aldehydes is 1. The standard InChI is InChI=1S/C15H20N2OS/c1-19-13-16-10-2-12(17-13)15-6-3-14(4-7-15,5-8-15)9-11-18/h2,10-11H,3-9H2,1H3. The van der Waals surface area contributed by atoms with Crippen LogP contribution in [0.5, 0.6) is 0 Å². The van der Waals surface area contributed by atoms with Crippen LogP contribution in [0.15, 0.2) is 17.4 Å². The number of thioether (sulfide) groups is 1. The lowest BCUT2D eigenvalue weighted by molar-refractivity contribution is -0.112.